The third-order valence-corrected chi connectivity index (χ3v) is 4.41. The first kappa shape index (κ1) is 17.6. The van der Waals surface area contributed by atoms with Crippen LogP contribution < -0.4 is 21.3 Å². The number of rotatable bonds is 3. The summed E-state index contributed by atoms with van der Waals surface area (Å²) in [5.74, 6) is -0.0575. The van der Waals surface area contributed by atoms with Gasteiger partial charge in [0.05, 0.1) is 0 Å². The highest BCUT2D eigenvalue weighted by molar-refractivity contribution is 5.97. The van der Waals surface area contributed by atoms with Crippen LogP contribution in [0.3, 0.4) is 0 Å². The van der Waals surface area contributed by atoms with Gasteiger partial charge in [-0.25, -0.2) is 4.79 Å². The molecule has 0 aromatic heterocycles. The van der Waals surface area contributed by atoms with E-state index in [2.05, 4.69) is 10.6 Å². The number of benzene rings is 1. The molecule has 1 aromatic carbocycles. The van der Waals surface area contributed by atoms with Crippen LogP contribution in [0.5, 0.6) is 0 Å². The molecule has 1 saturated heterocycles. The average Bonchev–Trinajstić information content (AvgIpc) is 2.96. The van der Waals surface area contributed by atoms with E-state index in [1.807, 2.05) is 12.1 Å². The van der Waals surface area contributed by atoms with E-state index in [1.165, 1.54) is 0 Å². The predicted molar refractivity (Wildman–Crippen MR) is 92.1 cm³/mol. The number of nitrogens with zero attached hydrogens (tertiary/aromatic N) is 1. The Kier molecular flexibility index (Phi) is 5.85. The standard InChI is InChI=1S/C16H22N4O2.ClH/c17-12-3-5-13(6-4-12)19-15(21)11-1-7-14(8-2-11)20-10-9-18-16(20)22;/h1-2,7-8,12-13H,3-6,9-10,17H2,(H,18,22)(H,19,21);1H. The van der Waals surface area contributed by atoms with Gasteiger partial charge in [0, 0.05) is 36.4 Å². The number of hydrogen-bond acceptors (Lipinski definition) is 3. The summed E-state index contributed by atoms with van der Waals surface area (Å²) in [7, 11) is 0. The van der Waals surface area contributed by atoms with Crippen molar-refractivity contribution in [2.45, 2.75) is 37.8 Å². The van der Waals surface area contributed by atoms with Crippen molar-refractivity contribution in [2.75, 3.05) is 18.0 Å². The lowest BCUT2D eigenvalue weighted by Crippen LogP contribution is -2.40. The first-order chi connectivity index (χ1) is 10.6. The lowest BCUT2D eigenvalue weighted by molar-refractivity contribution is 0.0926. The number of carbonyl (C=O) groups is 2. The Morgan fingerprint density at radius 1 is 1.17 bits per heavy atom. The van der Waals surface area contributed by atoms with Crippen molar-refractivity contribution < 1.29 is 9.59 Å². The Balaban J connectivity index is 0.00000192. The second-order valence-corrected chi connectivity index (χ2v) is 6.02. The Hall–Kier alpha value is -1.79. The molecule has 1 saturated carbocycles. The van der Waals surface area contributed by atoms with E-state index in [9.17, 15) is 9.59 Å². The molecule has 0 spiro atoms. The molecular weight excluding hydrogens is 316 g/mol. The summed E-state index contributed by atoms with van der Waals surface area (Å²) in [6, 6.07) is 7.58. The normalized spacial score (nSPS) is 23.9. The van der Waals surface area contributed by atoms with E-state index < -0.39 is 0 Å². The number of carbonyl (C=O) groups excluding carboxylic acids is 2. The highest BCUT2D eigenvalue weighted by atomic mass is 35.5. The fourth-order valence-electron chi connectivity index (χ4n) is 3.04. The molecule has 4 N–H and O–H groups in total. The molecule has 126 valence electrons. The minimum Gasteiger partial charge on any atom is -0.349 e. The lowest BCUT2D eigenvalue weighted by atomic mass is 9.91. The van der Waals surface area contributed by atoms with Crippen LogP contribution >= 0.6 is 12.4 Å². The van der Waals surface area contributed by atoms with Crippen molar-refractivity contribution in [1.82, 2.24) is 10.6 Å². The third-order valence-electron chi connectivity index (χ3n) is 4.41. The molecular formula is C16H23ClN4O2. The molecule has 6 nitrogen and oxygen atoms in total. The molecule has 1 aliphatic carbocycles. The maximum Gasteiger partial charge on any atom is 0.321 e. The number of amides is 3. The molecule has 0 unspecified atom stereocenters. The Labute approximate surface area is 142 Å². The van der Waals surface area contributed by atoms with Gasteiger partial charge in [-0.1, -0.05) is 0 Å². The summed E-state index contributed by atoms with van der Waals surface area (Å²) in [5.41, 5.74) is 7.31. The van der Waals surface area contributed by atoms with Gasteiger partial charge in [0.25, 0.3) is 5.91 Å². The summed E-state index contributed by atoms with van der Waals surface area (Å²) in [4.78, 5) is 25.5. The summed E-state index contributed by atoms with van der Waals surface area (Å²) in [6.45, 7) is 1.32. The van der Waals surface area contributed by atoms with E-state index in [0.717, 1.165) is 31.4 Å². The zero-order valence-electron chi connectivity index (χ0n) is 13.0. The zero-order valence-corrected chi connectivity index (χ0v) is 13.8. The smallest absolute Gasteiger partial charge is 0.321 e. The van der Waals surface area contributed by atoms with Crippen LogP contribution in [0.1, 0.15) is 36.0 Å². The highest BCUT2D eigenvalue weighted by Crippen LogP contribution is 2.19. The molecule has 0 bridgehead atoms. The molecule has 2 fully saturated rings. The number of halogens is 1. The fraction of sp³-hybridized carbons (Fsp3) is 0.500. The second kappa shape index (κ2) is 7.66. The molecule has 1 aromatic rings. The molecule has 1 heterocycles. The van der Waals surface area contributed by atoms with Gasteiger partial charge < -0.3 is 16.4 Å². The van der Waals surface area contributed by atoms with E-state index >= 15 is 0 Å². The largest absolute Gasteiger partial charge is 0.349 e. The van der Waals surface area contributed by atoms with Gasteiger partial charge in [-0.15, -0.1) is 12.4 Å². The predicted octanol–water partition coefficient (Wildman–Crippen LogP) is 1.64. The van der Waals surface area contributed by atoms with Gasteiger partial charge >= 0.3 is 6.03 Å². The van der Waals surface area contributed by atoms with Crippen LogP contribution in [0, 0.1) is 0 Å². The van der Waals surface area contributed by atoms with Crippen LogP contribution in [-0.4, -0.2) is 37.1 Å². The summed E-state index contributed by atoms with van der Waals surface area (Å²) in [6.07, 6.45) is 3.82. The number of anilines is 1. The fourth-order valence-corrected chi connectivity index (χ4v) is 3.04. The average molecular weight is 339 g/mol. The molecule has 1 aliphatic heterocycles. The highest BCUT2D eigenvalue weighted by Gasteiger charge is 2.22. The molecule has 7 heteroatoms. The zero-order chi connectivity index (χ0) is 15.5. The van der Waals surface area contributed by atoms with Gasteiger partial charge in [-0.05, 0) is 49.9 Å². The second-order valence-electron chi connectivity index (χ2n) is 6.02. The maximum atomic E-state index is 12.3. The van der Waals surface area contributed by atoms with Gasteiger partial charge in [0.15, 0.2) is 0 Å². The van der Waals surface area contributed by atoms with Gasteiger partial charge in [0.1, 0.15) is 0 Å². The topological polar surface area (TPSA) is 87.5 Å². The number of nitrogens with one attached hydrogen (secondary N) is 2. The van der Waals surface area contributed by atoms with E-state index in [-0.39, 0.29) is 36.4 Å². The van der Waals surface area contributed by atoms with Crippen molar-refractivity contribution in [3.8, 4) is 0 Å². The van der Waals surface area contributed by atoms with Crippen LogP contribution in [-0.2, 0) is 0 Å². The molecule has 3 amide bonds. The molecule has 2 aliphatic rings. The monoisotopic (exact) mass is 338 g/mol. The number of nitrogens with two attached hydrogens (primary N) is 1. The SMILES string of the molecule is Cl.NC1CCC(NC(=O)c2ccc(N3CCNC3=O)cc2)CC1. The van der Waals surface area contributed by atoms with Crippen LogP contribution in [0.15, 0.2) is 24.3 Å². The number of hydrogen-bond donors (Lipinski definition) is 3. The lowest BCUT2D eigenvalue weighted by Gasteiger charge is -2.26. The molecule has 0 atom stereocenters. The van der Waals surface area contributed by atoms with Crippen molar-refractivity contribution >= 4 is 30.0 Å². The molecule has 3 rings (SSSR count). The van der Waals surface area contributed by atoms with Crippen molar-refractivity contribution in [3.63, 3.8) is 0 Å². The van der Waals surface area contributed by atoms with Crippen molar-refractivity contribution in [2.24, 2.45) is 5.73 Å². The molecule has 23 heavy (non-hydrogen) atoms. The number of urea groups is 1. The first-order valence-corrected chi connectivity index (χ1v) is 7.85. The van der Waals surface area contributed by atoms with E-state index in [4.69, 9.17) is 5.73 Å². The Morgan fingerprint density at radius 2 is 1.83 bits per heavy atom. The molecule has 0 radical (unpaired) electrons. The van der Waals surface area contributed by atoms with Crippen LogP contribution in [0.2, 0.25) is 0 Å². The minimum absolute atomic E-state index is 0. The summed E-state index contributed by atoms with van der Waals surface area (Å²) in [5, 5.41) is 5.83. The van der Waals surface area contributed by atoms with Crippen LogP contribution in [0.25, 0.3) is 0 Å². The first-order valence-electron chi connectivity index (χ1n) is 7.85. The summed E-state index contributed by atoms with van der Waals surface area (Å²) >= 11 is 0. The quantitative estimate of drug-likeness (QED) is 0.783. The van der Waals surface area contributed by atoms with E-state index in [0.29, 0.717) is 18.7 Å². The summed E-state index contributed by atoms with van der Waals surface area (Å²) < 4.78 is 0. The van der Waals surface area contributed by atoms with Crippen LogP contribution in [0.4, 0.5) is 10.5 Å². The van der Waals surface area contributed by atoms with Gasteiger partial charge in [0.2, 0.25) is 0 Å². The minimum atomic E-state index is -0.0873. The van der Waals surface area contributed by atoms with Gasteiger partial charge in [-0.3, -0.25) is 9.69 Å². The van der Waals surface area contributed by atoms with E-state index in [1.54, 1.807) is 17.0 Å². The van der Waals surface area contributed by atoms with Crippen molar-refractivity contribution in [3.05, 3.63) is 29.8 Å². The maximum absolute atomic E-state index is 12.3. The third kappa shape index (κ3) is 4.14. The Morgan fingerprint density at radius 3 is 2.39 bits per heavy atom. The van der Waals surface area contributed by atoms with Crippen molar-refractivity contribution in [1.29, 1.82) is 0 Å². The Bertz CT molecular complexity index is 556. The van der Waals surface area contributed by atoms with Gasteiger partial charge in [-0.2, -0.15) is 0 Å².